The van der Waals surface area contributed by atoms with E-state index in [4.69, 9.17) is 10.5 Å². The summed E-state index contributed by atoms with van der Waals surface area (Å²) < 4.78 is 5.04. The van der Waals surface area contributed by atoms with Crippen molar-refractivity contribution in [2.24, 2.45) is 5.73 Å². The maximum absolute atomic E-state index is 10.4. The van der Waals surface area contributed by atoms with E-state index >= 15 is 0 Å². The fraction of sp³-hybridized carbons (Fsp3) is 0.667. The topological polar surface area (TPSA) is 77.2 Å². The molecule has 5 nitrogen and oxygen atoms in total. The number of ether oxygens (including phenoxy) is 1. The fourth-order valence-electron chi connectivity index (χ4n) is 1.25. The lowest BCUT2D eigenvalue weighted by atomic mass is 9.93. The van der Waals surface area contributed by atoms with Crippen molar-refractivity contribution >= 4 is 17.2 Å². The Morgan fingerprint density at radius 3 is 2.83 bits per heavy atom. The molecule has 0 aliphatic rings. The number of rotatable bonds is 7. The summed E-state index contributed by atoms with van der Waals surface area (Å²) in [6.07, 6.45) is 0. The van der Waals surface area contributed by atoms with Gasteiger partial charge in [0.15, 0.2) is 0 Å². The largest absolute Gasteiger partial charge is 0.370 e. The Kier molecular flexibility index (Phi) is 5.71. The first-order valence-electron chi connectivity index (χ1n) is 5.91. The summed E-state index contributed by atoms with van der Waals surface area (Å²) in [5, 5.41) is 6.37. The van der Waals surface area contributed by atoms with Gasteiger partial charge in [-0.1, -0.05) is 20.8 Å². The van der Waals surface area contributed by atoms with E-state index in [2.05, 4.69) is 36.5 Å². The maximum Gasteiger partial charge on any atom is 0.243 e. The highest BCUT2D eigenvalue weighted by Crippen LogP contribution is 2.23. The summed E-state index contributed by atoms with van der Waals surface area (Å²) in [5.74, 6) is -0.440. The Morgan fingerprint density at radius 1 is 1.56 bits per heavy atom. The molecule has 1 aromatic heterocycles. The number of thiazole rings is 1. The molecule has 0 bridgehead atoms. The average molecular weight is 271 g/mol. The minimum atomic E-state index is -0.440. The van der Waals surface area contributed by atoms with Gasteiger partial charge >= 0.3 is 0 Å². The van der Waals surface area contributed by atoms with Crippen LogP contribution in [0, 0.1) is 0 Å². The van der Waals surface area contributed by atoms with Crippen molar-refractivity contribution in [2.75, 3.05) is 19.8 Å². The molecule has 0 atom stereocenters. The number of primary amides is 1. The molecule has 6 heteroatoms. The van der Waals surface area contributed by atoms with E-state index < -0.39 is 5.91 Å². The van der Waals surface area contributed by atoms with E-state index in [1.807, 2.05) is 0 Å². The Morgan fingerprint density at radius 2 is 2.28 bits per heavy atom. The van der Waals surface area contributed by atoms with Crippen molar-refractivity contribution in [3.8, 4) is 0 Å². The molecule has 0 radical (unpaired) electrons. The third-order valence-corrected chi connectivity index (χ3v) is 3.11. The van der Waals surface area contributed by atoms with Crippen molar-refractivity contribution in [1.82, 2.24) is 10.3 Å². The van der Waals surface area contributed by atoms with Crippen LogP contribution in [0.3, 0.4) is 0 Å². The maximum atomic E-state index is 10.4. The second-order valence-corrected chi connectivity index (χ2v) is 6.01. The number of nitrogens with one attached hydrogen (secondary N) is 1. The quantitative estimate of drug-likeness (QED) is 0.726. The highest BCUT2D eigenvalue weighted by atomic mass is 32.1. The third-order valence-electron chi connectivity index (χ3n) is 2.26. The summed E-state index contributed by atoms with van der Waals surface area (Å²) in [5.41, 5.74) is 6.17. The Bertz CT molecular complexity index is 385. The molecular weight excluding hydrogens is 250 g/mol. The number of carbonyl (C=O) groups excluding carboxylic acids is 1. The number of carbonyl (C=O) groups is 1. The first kappa shape index (κ1) is 15.1. The van der Waals surface area contributed by atoms with E-state index in [0.717, 1.165) is 17.2 Å². The van der Waals surface area contributed by atoms with Crippen LogP contribution >= 0.6 is 11.3 Å². The van der Waals surface area contributed by atoms with Gasteiger partial charge < -0.3 is 15.8 Å². The van der Waals surface area contributed by atoms with Crippen molar-refractivity contribution in [1.29, 1.82) is 0 Å². The zero-order chi connectivity index (χ0) is 13.6. The van der Waals surface area contributed by atoms with E-state index in [1.54, 1.807) is 11.3 Å². The summed E-state index contributed by atoms with van der Waals surface area (Å²) in [4.78, 5) is 15.0. The van der Waals surface area contributed by atoms with Crippen LogP contribution in [0.15, 0.2) is 5.38 Å². The van der Waals surface area contributed by atoms with Crippen molar-refractivity contribution in [3.05, 3.63) is 16.1 Å². The number of hydrogen-bond acceptors (Lipinski definition) is 5. The monoisotopic (exact) mass is 271 g/mol. The van der Waals surface area contributed by atoms with Gasteiger partial charge in [-0.25, -0.2) is 4.98 Å². The van der Waals surface area contributed by atoms with Crippen LogP contribution in [0.5, 0.6) is 0 Å². The molecule has 0 aromatic carbocycles. The van der Waals surface area contributed by atoms with E-state index in [9.17, 15) is 4.79 Å². The van der Waals surface area contributed by atoms with E-state index in [0.29, 0.717) is 13.2 Å². The normalized spacial score (nSPS) is 11.7. The van der Waals surface area contributed by atoms with Crippen molar-refractivity contribution in [2.45, 2.75) is 32.7 Å². The first-order valence-corrected chi connectivity index (χ1v) is 6.79. The van der Waals surface area contributed by atoms with Gasteiger partial charge in [-0.3, -0.25) is 4.79 Å². The molecular formula is C12H21N3O2S. The van der Waals surface area contributed by atoms with Crippen molar-refractivity contribution < 1.29 is 9.53 Å². The summed E-state index contributed by atoms with van der Waals surface area (Å²) in [7, 11) is 0. The van der Waals surface area contributed by atoms with E-state index in [1.165, 1.54) is 0 Å². The lowest BCUT2D eigenvalue weighted by molar-refractivity contribution is -0.122. The predicted molar refractivity (Wildman–Crippen MR) is 72.5 cm³/mol. The average Bonchev–Trinajstić information content (AvgIpc) is 2.71. The molecule has 0 saturated heterocycles. The van der Waals surface area contributed by atoms with Crippen LogP contribution in [0.25, 0.3) is 0 Å². The number of aromatic nitrogens is 1. The van der Waals surface area contributed by atoms with Gasteiger partial charge in [0, 0.05) is 23.9 Å². The van der Waals surface area contributed by atoms with Crippen LogP contribution in [-0.2, 0) is 21.5 Å². The zero-order valence-electron chi connectivity index (χ0n) is 11.2. The smallest absolute Gasteiger partial charge is 0.243 e. The SMILES string of the molecule is CC(C)(C)c1csc(CNCCOCC(N)=O)n1. The molecule has 1 aromatic rings. The molecule has 1 amide bonds. The van der Waals surface area contributed by atoms with Crippen LogP contribution < -0.4 is 11.1 Å². The van der Waals surface area contributed by atoms with Crippen LogP contribution in [0.2, 0.25) is 0 Å². The molecule has 0 aliphatic carbocycles. The first-order chi connectivity index (χ1) is 8.39. The number of hydrogen-bond donors (Lipinski definition) is 2. The van der Waals surface area contributed by atoms with Gasteiger partial charge in [-0.15, -0.1) is 11.3 Å². The van der Waals surface area contributed by atoms with Gasteiger partial charge in [0.2, 0.25) is 5.91 Å². The molecule has 0 spiro atoms. The fourth-order valence-corrected chi connectivity index (χ4v) is 2.24. The molecule has 0 unspecified atom stereocenters. The molecule has 0 fully saturated rings. The summed E-state index contributed by atoms with van der Waals surface area (Å²) >= 11 is 1.66. The Balaban J connectivity index is 2.20. The lowest BCUT2D eigenvalue weighted by Gasteiger charge is -2.14. The lowest BCUT2D eigenvalue weighted by Crippen LogP contribution is -2.23. The minimum Gasteiger partial charge on any atom is -0.370 e. The highest BCUT2D eigenvalue weighted by molar-refractivity contribution is 7.09. The third kappa shape index (κ3) is 5.57. The second kappa shape index (κ2) is 6.82. The summed E-state index contributed by atoms with van der Waals surface area (Å²) in [6, 6.07) is 0. The Hall–Kier alpha value is -0.980. The zero-order valence-corrected chi connectivity index (χ0v) is 12.0. The van der Waals surface area contributed by atoms with Gasteiger partial charge in [0.25, 0.3) is 0 Å². The number of nitrogens with zero attached hydrogens (tertiary/aromatic N) is 1. The second-order valence-electron chi connectivity index (χ2n) is 5.07. The number of nitrogens with two attached hydrogens (primary N) is 1. The Labute approximate surface area is 112 Å². The predicted octanol–water partition coefficient (Wildman–Crippen LogP) is 1.03. The number of amides is 1. The molecule has 1 heterocycles. The van der Waals surface area contributed by atoms with Crippen LogP contribution in [0.4, 0.5) is 0 Å². The van der Waals surface area contributed by atoms with Crippen LogP contribution in [0.1, 0.15) is 31.5 Å². The summed E-state index contributed by atoms with van der Waals surface area (Å²) in [6.45, 7) is 8.30. The molecule has 102 valence electrons. The molecule has 18 heavy (non-hydrogen) atoms. The van der Waals surface area contributed by atoms with Crippen LogP contribution in [-0.4, -0.2) is 30.6 Å². The van der Waals surface area contributed by atoms with E-state index in [-0.39, 0.29) is 12.0 Å². The molecule has 0 saturated carbocycles. The minimum absolute atomic E-state index is 0.0207. The van der Waals surface area contributed by atoms with Gasteiger partial charge in [0.1, 0.15) is 11.6 Å². The molecule has 0 aliphatic heterocycles. The molecule has 1 rings (SSSR count). The van der Waals surface area contributed by atoms with Crippen molar-refractivity contribution in [3.63, 3.8) is 0 Å². The van der Waals surface area contributed by atoms with Gasteiger partial charge in [-0.2, -0.15) is 0 Å². The molecule has 3 N–H and O–H groups in total. The highest BCUT2D eigenvalue weighted by Gasteiger charge is 2.16. The van der Waals surface area contributed by atoms with Gasteiger partial charge in [0.05, 0.1) is 12.3 Å². The van der Waals surface area contributed by atoms with Gasteiger partial charge in [-0.05, 0) is 0 Å². The standard InChI is InChI=1S/C12H21N3O2S/c1-12(2,3)9-8-18-11(15-9)6-14-4-5-17-7-10(13)16/h8,14H,4-7H2,1-3H3,(H2,13,16).